The van der Waals surface area contributed by atoms with Crippen molar-refractivity contribution in [1.29, 1.82) is 0 Å². The van der Waals surface area contributed by atoms with E-state index in [0.717, 1.165) is 37.2 Å². The molecule has 3 rings (SSSR count). The molecule has 0 aromatic heterocycles. The highest BCUT2D eigenvalue weighted by Crippen LogP contribution is 2.38. The number of carbonyl (C=O) groups excluding carboxylic acids is 2. The number of rotatable bonds is 3. The van der Waals surface area contributed by atoms with Crippen molar-refractivity contribution in [1.82, 2.24) is 4.90 Å². The van der Waals surface area contributed by atoms with Gasteiger partial charge < -0.3 is 15.5 Å². The van der Waals surface area contributed by atoms with E-state index in [9.17, 15) is 9.59 Å². The van der Waals surface area contributed by atoms with Gasteiger partial charge in [-0.05, 0) is 37.8 Å². The van der Waals surface area contributed by atoms with Crippen LogP contribution in [0.4, 0.5) is 5.69 Å². The highest BCUT2D eigenvalue weighted by molar-refractivity contribution is 5.87. The second kappa shape index (κ2) is 7.24. The van der Waals surface area contributed by atoms with Crippen molar-refractivity contribution in [2.24, 2.45) is 5.73 Å². The molecule has 0 radical (unpaired) electrons. The van der Waals surface area contributed by atoms with Crippen molar-refractivity contribution in [3.8, 4) is 0 Å². The van der Waals surface area contributed by atoms with E-state index in [2.05, 4.69) is 11.8 Å². The van der Waals surface area contributed by atoms with E-state index in [0.29, 0.717) is 13.0 Å². The molecule has 1 fully saturated rings. The Morgan fingerprint density at radius 3 is 2.46 bits per heavy atom. The first-order valence-corrected chi connectivity index (χ1v) is 9.00. The molecule has 0 spiro atoms. The van der Waals surface area contributed by atoms with Gasteiger partial charge in [0.25, 0.3) is 0 Å². The van der Waals surface area contributed by atoms with Crippen molar-refractivity contribution < 1.29 is 9.59 Å². The normalized spacial score (nSPS) is 24.2. The lowest BCUT2D eigenvalue weighted by Crippen LogP contribution is -2.48. The molecule has 1 aromatic carbocycles. The summed E-state index contributed by atoms with van der Waals surface area (Å²) in [6, 6.07) is 7.96. The number of benzene rings is 1. The van der Waals surface area contributed by atoms with Gasteiger partial charge in [-0.15, -0.1) is 0 Å². The van der Waals surface area contributed by atoms with Crippen LogP contribution < -0.4 is 10.6 Å². The molecule has 2 atom stereocenters. The number of carbonyl (C=O) groups is 2. The fourth-order valence-corrected chi connectivity index (χ4v) is 3.95. The first kappa shape index (κ1) is 16.8. The van der Waals surface area contributed by atoms with E-state index < -0.39 is 0 Å². The molecule has 2 heterocycles. The van der Waals surface area contributed by atoms with Crippen LogP contribution in [0, 0.1) is 0 Å². The van der Waals surface area contributed by atoms with Gasteiger partial charge in [0, 0.05) is 24.8 Å². The Morgan fingerprint density at radius 2 is 1.79 bits per heavy atom. The minimum atomic E-state index is -0.284. The van der Waals surface area contributed by atoms with E-state index in [4.69, 9.17) is 5.73 Å². The lowest BCUT2D eigenvalue weighted by Gasteiger charge is -2.40. The van der Waals surface area contributed by atoms with E-state index in [1.165, 1.54) is 12.8 Å². The van der Waals surface area contributed by atoms with Crippen LogP contribution in [0.1, 0.15) is 50.5 Å². The van der Waals surface area contributed by atoms with Crippen LogP contribution in [0.5, 0.6) is 0 Å². The quantitative estimate of drug-likeness (QED) is 0.925. The predicted molar refractivity (Wildman–Crippen MR) is 94.9 cm³/mol. The van der Waals surface area contributed by atoms with Crippen LogP contribution in [-0.4, -0.2) is 42.4 Å². The summed E-state index contributed by atoms with van der Waals surface area (Å²) in [5, 5.41) is 0. The van der Waals surface area contributed by atoms with Gasteiger partial charge in [-0.1, -0.05) is 31.0 Å². The molecule has 5 nitrogen and oxygen atoms in total. The summed E-state index contributed by atoms with van der Waals surface area (Å²) in [4.78, 5) is 28.7. The average Bonchev–Trinajstić information content (AvgIpc) is 2.86. The second-order valence-corrected chi connectivity index (χ2v) is 7.02. The lowest BCUT2D eigenvalue weighted by molar-refractivity contribution is -0.129. The number of fused-ring (bicyclic) bond motifs is 1. The topological polar surface area (TPSA) is 66.6 Å². The Balaban J connectivity index is 1.80. The summed E-state index contributed by atoms with van der Waals surface area (Å²) < 4.78 is 0. The Morgan fingerprint density at radius 1 is 1.12 bits per heavy atom. The van der Waals surface area contributed by atoms with Gasteiger partial charge in [-0.3, -0.25) is 9.59 Å². The van der Waals surface area contributed by atoms with Crippen LogP contribution in [0.3, 0.4) is 0 Å². The number of hydrogen-bond donors (Lipinski definition) is 1. The highest BCUT2D eigenvalue weighted by Gasteiger charge is 2.34. The van der Waals surface area contributed by atoms with Gasteiger partial charge in [0.1, 0.15) is 0 Å². The minimum absolute atomic E-state index is 0.119. The molecular weight excluding hydrogens is 302 g/mol. The van der Waals surface area contributed by atoms with Gasteiger partial charge in [0.2, 0.25) is 11.8 Å². The van der Waals surface area contributed by atoms with Crippen LogP contribution >= 0.6 is 0 Å². The Labute approximate surface area is 143 Å². The van der Waals surface area contributed by atoms with Crippen molar-refractivity contribution in [3.05, 3.63) is 29.8 Å². The third-order valence-electron chi connectivity index (χ3n) is 5.34. The summed E-state index contributed by atoms with van der Waals surface area (Å²) in [7, 11) is 0. The number of para-hydroxylation sites is 1. The number of hydrogen-bond acceptors (Lipinski definition) is 3. The summed E-state index contributed by atoms with van der Waals surface area (Å²) in [5.74, 6) is -0.357. The van der Waals surface area contributed by atoms with Gasteiger partial charge in [-0.2, -0.15) is 0 Å². The maximum Gasteiger partial charge on any atom is 0.242 e. The van der Waals surface area contributed by atoms with Crippen molar-refractivity contribution in [2.45, 2.75) is 51.0 Å². The zero-order valence-electron chi connectivity index (χ0n) is 14.4. The number of likely N-dealkylation sites (tertiary alicyclic amines) is 1. The Kier molecular flexibility index (Phi) is 5.07. The smallest absolute Gasteiger partial charge is 0.242 e. The predicted octanol–water partition coefficient (Wildman–Crippen LogP) is 2.26. The van der Waals surface area contributed by atoms with Crippen molar-refractivity contribution in [2.75, 3.05) is 24.5 Å². The van der Waals surface area contributed by atoms with Crippen molar-refractivity contribution >= 4 is 17.5 Å². The van der Waals surface area contributed by atoms with Crippen molar-refractivity contribution in [3.63, 3.8) is 0 Å². The molecule has 0 aliphatic carbocycles. The molecule has 0 unspecified atom stereocenters. The van der Waals surface area contributed by atoms with E-state index >= 15 is 0 Å². The number of nitrogens with two attached hydrogens (primary N) is 1. The van der Waals surface area contributed by atoms with E-state index in [-0.39, 0.29) is 23.8 Å². The van der Waals surface area contributed by atoms with Crippen LogP contribution in [0.2, 0.25) is 0 Å². The maximum absolute atomic E-state index is 12.8. The number of nitrogens with zero attached hydrogens (tertiary/aromatic N) is 2. The third-order valence-corrected chi connectivity index (χ3v) is 5.34. The molecule has 2 amide bonds. The Hall–Kier alpha value is -2.04. The molecule has 2 aliphatic heterocycles. The molecule has 130 valence electrons. The van der Waals surface area contributed by atoms with Gasteiger partial charge >= 0.3 is 0 Å². The molecule has 0 saturated carbocycles. The molecule has 1 saturated heterocycles. The van der Waals surface area contributed by atoms with Gasteiger partial charge in [0.15, 0.2) is 0 Å². The lowest BCUT2D eigenvalue weighted by atomic mass is 9.85. The SMILES string of the molecule is C[C@@H]1C[C@H](C(N)=O)c2ccccc2N1CC(=O)N1CCCCCC1. The fraction of sp³-hybridized carbons (Fsp3) is 0.579. The molecule has 5 heteroatoms. The number of amides is 2. The van der Waals surface area contributed by atoms with E-state index in [1.54, 1.807) is 0 Å². The zero-order valence-corrected chi connectivity index (χ0v) is 14.4. The minimum Gasteiger partial charge on any atom is -0.369 e. The molecule has 0 bridgehead atoms. The number of primary amides is 1. The van der Waals surface area contributed by atoms with Gasteiger partial charge in [-0.25, -0.2) is 0 Å². The van der Waals surface area contributed by atoms with Crippen LogP contribution in [-0.2, 0) is 9.59 Å². The van der Waals surface area contributed by atoms with Crippen LogP contribution in [0.25, 0.3) is 0 Å². The number of anilines is 1. The molecule has 1 aromatic rings. The first-order chi connectivity index (χ1) is 11.6. The molecular formula is C19H27N3O2. The first-order valence-electron chi connectivity index (χ1n) is 9.00. The Bertz CT molecular complexity index is 608. The van der Waals surface area contributed by atoms with Crippen LogP contribution in [0.15, 0.2) is 24.3 Å². The summed E-state index contributed by atoms with van der Waals surface area (Å²) in [6.45, 7) is 4.18. The molecule has 2 N–H and O–H groups in total. The highest BCUT2D eigenvalue weighted by atomic mass is 16.2. The van der Waals surface area contributed by atoms with Gasteiger partial charge in [0.05, 0.1) is 12.5 Å². The molecule has 2 aliphatic rings. The molecule has 24 heavy (non-hydrogen) atoms. The standard InChI is InChI=1S/C19H27N3O2/c1-14-12-16(19(20)24)15-8-4-5-9-17(15)22(14)13-18(23)21-10-6-2-3-7-11-21/h4-5,8-9,14,16H,2-3,6-7,10-13H2,1H3,(H2,20,24)/t14-,16+/m1/s1. The zero-order chi connectivity index (χ0) is 17.1. The summed E-state index contributed by atoms with van der Waals surface area (Å²) in [5.41, 5.74) is 7.52. The maximum atomic E-state index is 12.8. The fourth-order valence-electron chi connectivity index (χ4n) is 3.95. The summed E-state index contributed by atoms with van der Waals surface area (Å²) >= 11 is 0. The monoisotopic (exact) mass is 329 g/mol. The van der Waals surface area contributed by atoms with E-state index in [1.807, 2.05) is 29.2 Å². The largest absolute Gasteiger partial charge is 0.369 e. The summed E-state index contributed by atoms with van der Waals surface area (Å²) in [6.07, 6.45) is 5.29. The average molecular weight is 329 g/mol. The third kappa shape index (κ3) is 3.40. The second-order valence-electron chi connectivity index (χ2n) is 7.02.